The molecular formula is C13H22. The molecule has 0 saturated heterocycles. The molecule has 0 N–H and O–H groups in total. The highest BCUT2D eigenvalue weighted by Gasteiger charge is 1.92. The van der Waals surface area contributed by atoms with Crippen LogP contribution in [-0.2, 0) is 0 Å². The first-order valence-corrected chi connectivity index (χ1v) is 5.19. The Bertz CT molecular complexity index is 194. The van der Waals surface area contributed by atoms with Crippen molar-refractivity contribution in [2.24, 2.45) is 0 Å². The van der Waals surface area contributed by atoms with E-state index in [-0.39, 0.29) is 0 Å². The summed E-state index contributed by atoms with van der Waals surface area (Å²) >= 11 is 0. The first kappa shape index (κ1) is 12.2. The third-order valence-electron chi connectivity index (χ3n) is 1.88. The summed E-state index contributed by atoms with van der Waals surface area (Å²) in [5.41, 5.74) is 2.55. The second-order valence-electron chi connectivity index (χ2n) is 3.52. The number of hydrogen-bond donors (Lipinski definition) is 0. The summed E-state index contributed by atoms with van der Waals surface area (Å²) in [6.07, 6.45) is 11.5. The first-order chi connectivity index (χ1) is 6.20. The van der Waals surface area contributed by atoms with Gasteiger partial charge in [0.15, 0.2) is 0 Å². The lowest BCUT2D eigenvalue weighted by Gasteiger charge is -2.01. The van der Waals surface area contributed by atoms with E-state index in [1.165, 1.54) is 31.3 Å². The van der Waals surface area contributed by atoms with Crippen LogP contribution in [-0.4, -0.2) is 0 Å². The highest BCUT2D eigenvalue weighted by molar-refractivity contribution is 5.27. The highest BCUT2D eigenvalue weighted by Crippen LogP contribution is 2.12. The molecule has 0 aliphatic carbocycles. The third-order valence-corrected chi connectivity index (χ3v) is 1.88. The van der Waals surface area contributed by atoms with Crippen LogP contribution in [0.2, 0.25) is 0 Å². The van der Waals surface area contributed by atoms with Crippen LogP contribution in [0.5, 0.6) is 0 Å². The minimum absolute atomic E-state index is 1.14. The Kier molecular flexibility index (Phi) is 7.38. The van der Waals surface area contributed by atoms with Crippen molar-refractivity contribution in [3.63, 3.8) is 0 Å². The van der Waals surface area contributed by atoms with Gasteiger partial charge < -0.3 is 0 Å². The minimum Gasteiger partial charge on any atom is -0.0961 e. The highest BCUT2D eigenvalue weighted by atomic mass is 14.0. The van der Waals surface area contributed by atoms with Gasteiger partial charge in [-0.1, -0.05) is 50.1 Å². The van der Waals surface area contributed by atoms with Gasteiger partial charge in [-0.25, -0.2) is 0 Å². The molecule has 0 heterocycles. The zero-order chi connectivity index (χ0) is 10.1. The zero-order valence-electron chi connectivity index (χ0n) is 9.27. The molecule has 74 valence electrons. The van der Waals surface area contributed by atoms with Crippen LogP contribution >= 0.6 is 0 Å². The lowest BCUT2D eigenvalue weighted by atomic mass is 10.1. The standard InChI is InChI=1S/C13H22/c1-5-7-8-10-13(9-6-2)11-12(3)4/h6,9,11H,3,5,7-8,10H2,1-2,4H3/b9-6-,13-11+. The Morgan fingerprint density at radius 3 is 2.46 bits per heavy atom. The SMILES string of the molecule is C=C(C)/C=C(\C=C/C)CCCCC. The Labute approximate surface area is 83.0 Å². The molecule has 0 heteroatoms. The van der Waals surface area contributed by atoms with E-state index in [1.807, 2.05) is 6.92 Å². The molecule has 0 aromatic carbocycles. The molecule has 0 aliphatic heterocycles. The number of allylic oxidation sites excluding steroid dienone is 5. The smallest absolute Gasteiger partial charge is 0.0279 e. The van der Waals surface area contributed by atoms with Crippen molar-refractivity contribution < 1.29 is 0 Å². The lowest BCUT2D eigenvalue weighted by Crippen LogP contribution is -1.81. The van der Waals surface area contributed by atoms with E-state index in [0.29, 0.717) is 0 Å². The average molecular weight is 178 g/mol. The summed E-state index contributed by atoms with van der Waals surface area (Å²) in [7, 11) is 0. The maximum absolute atomic E-state index is 3.90. The van der Waals surface area contributed by atoms with Crippen LogP contribution < -0.4 is 0 Å². The molecule has 13 heavy (non-hydrogen) atoms. The number of unbranched alkanes of at least 4 members (excludes halogenated alkanes) is 2. The normalized spacial score (nSPS) is 12.4. The molecule has 0 spiro atoms. The Balaban J connectivity index is 4.02. The molecule has 0 bridgehead atoms. The van der Waals surface area contributed by atoms with Crippen LogP contribution in [0.15, 0.2) is 36.0 Å². The van der Waals surface area contributed by atoms with Gasteiger partial charge in [0.1, 0.15) is 0 Å². The van der Waals surface area contributed by atoms with E-state index in [4.69, 9.17) is 0 Å². The van der Waals surface area contributed by atoms with E-state index >= 15 is 0 Å². The molecule has 0 unspecified atom stereocenters. The van der Waals surface area contributed by atoms with Crippen molar-refractivity contribution in [2.45, 2.75) is 46.5 Å². The van der Waals surface area contributed by atoms with Crippen molar-refractivity contribution in [1.29, 1.82) is 0 Å². The van der Waals surface area contributed by atoms with E-state index in [0.717, 1.165) is 5.57 Å². The summed E-state index contributed by atoms with van der Waals surface area (Å²) in [5, 5.41) is 0. The molecule has 0 aromatic rings. The molecular weight excluding hydrogens is 156 g/mol. The fourth-order valence-corrected chi connectivity index (χ4v) is 1.31. The summed E-state index contributed by atoms with van der Waals surface area (Å²) in [4.78, 5) is 0. The first-order valence-electron chi connectivity index (χ1n) is 5.19. The molecule has 0 radical (unpaired) electrons. The quantitative estimate of drug-likeness (QED) is 0.410. The Morgan fingerprint density at radius 2 is 2.00 bits per heavy atom. The van der Waals surface area contributed by atoms with Gasteiger partial charge in [-0.2, -0.15) is 0 Å². The number of hydrogen-bond acceptors (Lipinski definition) is 0. The van der Waals surface area contributed by atoms with Crippen molar-refractivity contribution in [3.05, 3.63) is 36.0 Å². The predicted octanol–water partition coefficient (Wildman–Crippen LogP) is 4.65. The van der Waals surface area contributed by atoms with E-state index < -0.39 is 0 Å². The average Bonchev–Trinajstić information content (AvgIpc) is 2.04. The third kappa shape index (κ3) is 7.58. The van der Waals surface area contributed by atoms with Gasteiger partial charge in [-0.3, -0.25) is 0 Å². The summed E-state index contributed by atoms with van der Waals surface area (Å²) in [5.74, 6) is 0. The van der Waals surface area contributed by atoms with Crippen LogP contribution in [0, 0.1) is 0 Å². The van der Waals surface area contributed by atoms with Crippen molar-refractivity contribution >= 4 is 0 Å². The second kappa shape index (κ2) is 7.85. The number of rotatable bonds is 6. The second-order valence-corrected chi connectivity index (χ2v) is 3.52. The molecule has 0 aromatic heterocycles. The molecule has 0 aliphatic rings. The van der Waals surface area contributed by atoms with Gasteiger partial charge in [0.2, 0.25) is 0 Å². The van der Waals surface area contributed by atoms with Crippen LogP contribution in [0.1, 0.15) is 46.5 Å². The van der Waals surface area contributed by atoms with Gasteiger partial charge in [-0.15, -0.1) is 0 Å². The van der Waals surface area contributed by atoms with Crippen LogP contribution in [0.4, 0.5) is 0 Å². The van der Waals surface area contributed by atoms with Gasteiger partial charge in [0.05, 0.1) is 0 Å². The molecule has 0 nitrogen and oxygen atoms in total. The van der Waals surface area contributed by atoms with Crippen molar-refractivity contribution in [1.82, 2.24) is 0 Å². The fraction of sp³-hybridized carbons (Fsp3) is 0.538. The van der Waals surface area contributed by atoms with Gasteiger partial charge >= 0.3 is 0 Å². The van der Waals surface area contributed by atoms with E-state index in [2.05, 4.69) is 38.7 Å². The maximum atomic E-state index is 3.90. The molecule has 0 fully saturated rings. The fourth-order valence-electron chi connectivity index (χ4n) is 1.31. The molecule has 0 saturated carbocycles. The monoisotopic (exact) mass is 178 g/mol. The van der Waals surface area contributed by atoms with Gasteiger partial charge in [-0.05, 0) is 32.3 Å². The Hall–Kier alpha value is -0.780. The van der Waals surface area contributed by atoms with E-state index in [1.54, 1.807) is 0 Å². The van der Waals surface area contributed by atoms with Crippen LogP contribution in [0.25, 0.3) is 0 Å². The topological polar surface area (TPSA) is 0 Å². The van der Waals surface area contributed by atoms with Crippen LogP contribution in [0.3, 0.4) is 0 Å². The summed E-state index contributed by atoms with van der Waals surface area (Å²) in [6, 6.07) is 0. The predicted molar refractivity (Wildman–Crippen MR) is 61.9 cm³/mol. The Morgan fingerprint density at radius 1 is 1.31 bits per heavy atom. The lowest BCUT2D eigenvalue weighted by molar-refractivity contribution is 0.719. The van der Waals surface area contributed by atoms with Crippen molar-refractivity contribution in [3.8, 4) is 0 Å². The summed E-state index contributed by atoms with van der Waals surface area (Å²) in [6.45, 7) is 10.2. The van der Waals surface area contributed by atoms with Crippen molar-refractivity contribution in [2.75, 3.05) is 0 Å². The van der Waals surface area contributed by atoms with Gasteiger partial charge in [0.25, 0.3) is 0 Å². The maximum Gasteiger partial charge on any atom is -0.0279 e. The largest absolute Gasteiger partial charge is 0.0961 e. The summed E-state index contributed by atoms with van der Waals surface area (Å²) < 4.78 is 0. The molecule has 0 rings (SSSR count). The molecule has 0 atom stereocenters. The minimum atomic E-state index is 1.14. The van der Waals surface area contributed by atoms with E-state index in [9.17, 15) is 0 Å². The van der Waals surface area contributed by atoms with Gasteiger partial charge in [0, 0.05) is 0 Å². The molecule has 0 amide bonds. The zero-order valence-corrected chi connectivity index (χ0v) is 9.27.